The van der Waals surface area contributed by atoms with Crippen molar-refractivity contribution in [1.82, 2.24) is 4.98 Å². The van der Waals surface area contributed by atoms with Gasteiger partial charge < -0.3 is 11.1 Å². The molecule has 2 aromatic rings. The molecule has 25 heavy (non-hydrogen) atoms. The number of halogens is 1. The fraction of sp³-hybridized carbons (Fsp3) is 0.571. The molecule has 3 N–H and O–H groups in total. The molecule has 4 heteroatoms. The first-order valence-electron chi connectivity index (χ1n) is 9.79. The minimum absolute atomic E-state index is 0.733. The third-order valence-electron chi connectivity index (χ3n) is 4.65. The van der Waals surface area contributed by atoms with Gasteiger partial charge in [-0.1, -0.05) is 63.0 Å². The smallest absolute Gasteiger partial charge is 0.0737 e. The Hall–Kier alpha value is -1.32. The number of aromatic nitrogens is 1. The Bertz CT molecular complexity index is 615. The molecule has 2 rings (SSSR count). The number of nitrogens with two attached hydrogens (primary N) is 1. The van der Waals surface area contributed by atoms with Gasteiger partial charge in [-0.3, -0.25) is 4.98 Å². The number of hydrogen-bond donors (Lipinski definition) is 2. The lowest BCUT2D eigenvalue weighted by Crippen LogP contribution is -2.02. The van der Waals surface area contributed by atoms with E-state index in [-0.39, 0.29) is 0 Å². The minimum atomic E-state index is 0.733. The molecule has 1 aromatic heterocycles. The Morgan fingerprint density at radius 2 is 1.48 bits per heavy atom. The lowest BCUT2D eigenvalue weighted by atomic mass is 10.1. The molecule has 0 aliphatic heterocycles. The summed E-state index contributed by atoms with van der Waals surface area (Å²) in [6.45, 7) is 1.86. The van der Waals surface area contributed by atoms with Crippen molar-refractivity contribution in [2.24, 2.45) is 5.73 Å². The fourth-order valence-corrected chi connectivity index (χ4v) is 3.35. The molecule has 0 aliphatic rings. The summed E-state index contributed by atoms with van der Waals surface area (Å²) in [5.41, 5.74) is 7.61. The van der Waals surface area contributed by atoms with Crippen LogP contribution in [-0.2, 0) is 0 Å². The van der Waals surface area contributed by atoms with E-state index in [0.717, 1.165) is 34.7 Å². The topological polar surface area (TPSA) is 50.9 Å². The molecule has 0 atom stereocenters. The number of hydrogen-bond acceptors (Lipinski definition) is 3. The van der Waals surface area contributed by atoms with Crippen LogP contribution < -0.4 is 11.1 Å². The van der Waals surface area contributed by atoms with Gasteiger partial charge in [0.25, 0.3) is 0 Å². The van der Waals surface area contributed by atoms with Crippen LogP contribution in [0.1, 0.15) is 64.2 Å². The van der Waals surface area contributed by atoms with E-state index in [2.05, 4.69) is 10.3 Å². The van der Waals surface area contributed by atoms with Gasteiger partial charge in [-0.05, 0) is 43.7 Å². The first-order chi connectivity index (χ1) is 12.3. The normalized spacial score (nSPS) is 11.1. The summed E-state index contributed by atoms with van der Waals surface area (Å²) >= 11 is 6.03. The summed E-state index contributed by atoms with van der Waals surface area (Å²) in [5.74, 6) is 0. The predicted octanol–water partition coefficient (Wildman–Crippen LogP) is 6.16. The Balaban J connectivity index is 1.54. The summed E-state index contributed by atoms with van der Waals surface area (Å²) in [5, 5.41) is 5.42. The highest BCUT2D eigenvalue weighted by molar-refractivity contribution is 6.31. The van der Waals surface area contributed by atoms with Crippen LogP contribution in [0, 0.1) is 0 Å². The second kappa shape index (κ2) is 12.1. The van der Waals surface area contributed by atoms with Gasteiger partial charge in [0.2, 0.25) is 0 Å². The Labute approximate surface area is 157 Å². The van der Waals surface area contributed by atoms with Gasteiger partial charge in [0.15, 0.2) is 0 Å². The van der Waals surface area contributed by atoms with Gasteiger partial charge in [-0.25, -0.2) is 0 Å². The van der Waals surface area contributed by atoms with Crippen LogP contribution in [0.5, 0.6) is 0 Å². The van der Waals surface area contributed by atoms with Crippen LogP contribution in [-0.4, -0.2) is 18.1 Å². The van der Waals surface area contributed by atoms with Crippen molar-refractivity contribution < 1.29 is 0 Å². The molecule has 0 saturated carbocycles. The molecule has 0 radical (unpaired) electrons. The molecule has 0 spiro atoms. The van der Waals surface area contributed by atoms with Crippen LogP contribution in [0.4, 0.5) is 5.69 Å². The van der Waals surface area contributed by atoms with E-state index >= 15 is 0 Å². The molecule has 1 aromatic carbocycles. The summed E-state index contributed by atoms with van der Waals surface area (Å²) < 4.78 is 0. The highest BCUT2D eigenvalue weighted by Gasteiger charge is 2.02. The van der Waals surface area contributed by atoms with Crippen LogP contribution >= 0.6 is 11.6 Å². The monoisotopic (exact) mass is 361 g/mol. The van der Waals surface area contributed by atoms with E-state index < -0.39 is 0 Å². The minimum Gasteiger partial charge on any atom is -0.384 e. The van der Waals surface area contributed by atoms with Gasteiger partial charge in [-0.15, -0.1) is 0 Å². The van der Waals surface area contributed by atoms with E-state index in [0.29, 0.717) is 0 Å². The van der Waals surface area contributed by atoms with Crippen molar-refractivity contribution in [3.63, 3.8) is 0 Å². The number of fused-ring (bicyclic) bond motifs is 1. The molecule has 0 amide bonds. The number of benzene rings is 1. The van der Waals surface area contributed by atoms with Crippen LogP contribution in [0.3, 0.4) is 0 Å². The highest BCUT2D eigenvalue weighted by atomic mass is 35.5. The average molecular weight is 362 g/mol. The Kier molecular flexibility index (Phi) is 9.68. The first kappa shape index (κ1) is 20.0. The van der Waals surface area contributed by atoms with E-state index in [4.69, 9.17) is 17.3 Å². The third-order valence-corrected chi connectivity index (χ3v) is 4.89. The van der Waals surface area contributed by atoms with Crippen molar-refractivity contribution in [2.45, 2.75) is 64.2 Å². The fourth-order valence-electron chi connectivity index (χ4n) is 3.18. The van der Waals surface area contributed by atoms with Crippen molar-refractivity contribution in [3.05, 3.63) is 35.5 Å². The third kappa shape index (κ3) is 7.62. The number of anilines is 1. The lowest BCUT2D eigenvalue weighted by Gasteiger charge is -2.09. The molecule has 3 nitrogen and oxygen atoms in total. The van der Waals surface area contributed by atoms with E-state index in [9.17, 15) is 0 Å². The first-order valence-corrected chi connectivity index (χ1v) is 10.2. The Morgan fingerprint density at radius 3 is 2.16 bits per heavy atom. The van der Waals surface area contributed by atoms with Crippen LogP contribution in [0.2, 0.25) is 5.02 Å². The van der Waals surface area contributed by atoms with Gasteiger partial charge in [0, 0.05) is 28.8 Å². The van der Waals surface area contributed by atoms with Gasteiger partial charge in [0.1, 0.15) is 0 Å². The zero-order valence-electron chi connectivity index (χ0n) is 15.3. The largest absolute Gasteiger partial charge is 0.384 e. The zero-order valence-corrected chi connectivity index (χ0v) is 16.0. The zero-order chi connectivity index (χ0) is 17.7. The molecule has 0 fully saturated rings. The number of unbranched alkanes of at least 4 members (excludes halogenated alkanes) is 9. The summed E-state index contributed by atoms with van der Waals surface area (Å²) in [7, 11) is 0. The van der Waals surface area contributed by atoms with Gasteiger partial charge in [-0.2, -0.15) is 0 Å². The SMILES string of the molecule is NCCCCCCCCCCCCNc1ccnc2cc(Cl)ccc12. The van der Waals surface area contributed by atoms with Crippen molar-refractivity contribution in [3.8, 4) is 0 Å². The maximum absolute atomic E-state index is 6.03. The molecule has 0 bridgehead atoms. The summed E-state index contributed by atoms with van der Waals surface area (Å²) in [4.78, 5) is 4.38. The van der Waals surface area contributed by atoms with Crippen molar-refractivity contribution in [2.75, 3.05) is 18.4 Å². The predicted molar refractivity (Wildman–Crippen MR) is 110 cm³/mol. The number of nitrogens with one attached hydrogen (secondary N) is 1. The van der Waals surface area contributed by atoms with E-state index in [1.165, 1.54) is 64.2 Å². The van der Waals surface area contributed by atoms with Crippen LogP contribution in [0.25, 0.3) is 10.9 Å². The maximum atomic E-state index is 6.03. The molecule has 138 valence electrons. The second-order valence-corrected chi connectivity index (χ2v) is 7.21. The molecular formula is C21H32ClN3. The number of nitrogens with zero attached hydrogens (tertiary/aromatic N) is 1. The number of pyridine rings is 1. The lowest BCUT2D eigenvalue weighted by molar-refractivity contribution is 0.556. The van der Waals surface area contributed by atoms with Crippen molar-refractivity contribution >= 4 is 28.2 Å². The van der Waals surface area contributed by atoms with Crippen molar-refractivity contribution in [1.29, 1.82) is 0 Å². The van der Waals surface area contributed by atoms with Crippen LogP contribution in [0.15, 0.2) is 30.5 Å². The van der Waals surface area contributed by atoms with E-state index in [1.54, 1.807) is 0 Å². The molecule has 1 heterocycles. The standard InChI is InChI=1S/C21H32ClN3/c22-18-11-12-19-20(13-16-25-21(19)17-18)24-15-10-8-6-4-2-1-3-5-7-9-14-23/h11-13,16-17H,1-10,14-15,23H2,(H,24,25). The number of rotatable bonds is 13. The Morgan fingerprint density at radius 1 is 0.840 bits per heavy atom. The summed E-state index contributed by atoms with van der Waals surface area (Å²) in [6.07, 6.45) is 15.1. The molecule has 0 unspecified atom stereocenters. The average Bonchev–Trinajstić information content (AvgIpc) is 2.62. The maximum Gasteiger partial charge on any atom is 0.0737 e. The summed E-state index contributed by atoms with van der Waals surface area (Å²) in [6, 6.07) is 7.92. The van der Waals surface area contributed by atoms with E-state index in [1.807, 2.05) is 30.5 Å². The molecule has 0 saturated heterocycles. The second-order valence-electron chi connectivity index (χ2n) is 6.77. The van der Waals surface area contributed by atoms with Gasteiger partial charge >= 0.3 is 0 Å². The van der Waals surface area contributed by atoms with Gasteiger partial charge in [0.05, 0.1) is 5.52 Å². The quantitative estimate of drug-likeness (QED) is 0.420. The molecule has 0 aliphatic carbocycles. The highest BCUT2D eigenvalue weighted by Crippen LogP contribution is 2.24. The molecular weight excluding hydrogens is 330 g/mol.